The number of hydrogen-bond donors (Lipinski definition) is 2. The third-order valence-corrected chi connectivity index (χ3v) is 4.61. The molecular formula is C16H17NO5S. The number of amides is 1. The molecule has 2 aromatic rings. The van der Waals surface area contributed by atoms with Crippen LogP contribution in [0.15, 0.2) is 40.8 Å². The zero-order valence-electron chi connectivity index (χ0n) is 12.5. The Bertz CT molecular complexity index is 840. The number of rotatable bonds is 4. The van der Waals surface area contributed by atoms with Crippen LogP contribution in [0.25, 0.3) is 0 Å². The van der Waals surface area contributed by atoms with Crippen molar-refractivity contribution in [2.45, 2.75) is 24.3 Å². The van der Waals surface area contributed by atoms with Crippen LogP contribution in [0.5, 0.6) is 0 Å². The summed E-state index contributed by atoms with van der Waals surface area (Å²) in [6.07, 6.45) is 0.877. The van der Waals surface area contributed by atoms with Crippen molar-refractivity contribution in [3.05, 3.63) is 59.0 Å². The number of benzene rings is 1. The summed E-state index contributed by atoms with van der Waals surface area (Å²) in [5.74, 6) is -0.473. The molecule has 2 N–H and O–H groups in total. The molecule has 1 aliphatic carbocycles. The Morgan fingerprint density at radius 1 is 1.30 bits per heavy atom. The van der Waals surface area contributed by atoms with Crippen LogP contribution in [-0.2, 0) is 22.0 Å². The van der Waals surface area contributed by atoms with Crippen molar-refractivity contribution in [1.82, 2.24) is 5.32 Å². The largest absolute Gasteiger partial charge is 0.455 e. The quantitative estimate of drug-likeness (QED) is 0.875. The van der Waals surface area contributed by atoms with Gasteiger partial charge in [-0.15, -0.1) is 0 Å². The first-order chi connectivity index (χ1) is 10.8. The monoisotopic (exact) mass is 335 g/mol. The van der Waals surface area contributed by atoms with Gasteiger partial charge < -0.3 is 14.8 Å². The molecule has 0 aliphatic heterocycles. The van der Waals surface area contributed by atoms with Crippen LogP contribution in [0.4, 0.5) is 0 Å². The van der Waals surface area contributed by atoms with Gasteiger partial charge in [-0.2, -0.15) is 0 Å². The van der Waals surface area contributed by atoms with E-state index in [9.17, 15) is 18.3 Å². The van der Waals surface area contributed by atoms with E-state index in [0.717, 1.165) is 17.4 Å². The van der Waals surface area contributed by atoms with Crippen LogP contribution in [0.3, 0.4) is 0 Å². The number of nitrogens with one attached hydrogen (secondary N) is 1. The van der Waals surface area contributed by atoms with Gasteiger partial charge in [0.2, 0.25) is 0 Å². The number of sulfone groups is 1. The Labute approximate surface area is 134 Å². The average Bonchev–Trinajstić information content (AvgIpc) is 3.04. The number of aliphatic hydroxyl groups excluding tert-OH is 1. The predicted molar refractivity (Wildman–Crippen MR) is 83.6 cm³/mol. The summed E-state index contributed by atoms with van der Waals surface area (Å²) in [5.41, 5.74) is 1.82. The number of furan rings is 1. The lowest BCUT2D eigenvalue weighted by Gasteiger charge is -2.16. The molecule has 1 aromatic carbocycles. The molecule has 0 unspecified atom stereocenters. The van der Waals surface area contributed by atoms with E-state index >= 15 is 0 Å². The summed E-state index contributed by atoms with van der Waals surface area (Å²) in [7, 11) is -3.22. The molecule has 23 heavy (non-hydrogen) atoms. The first kappa shape index (κ1) is 15.8. The van der Waals surface area contributed by atoms with E-state index in [2.05, 4.69) is 5.32 Å². The van der Waals surface area contributed by atoms with Crippen molar-refractivity contribution in [2.24, 2.45) is 0 Å². The maximum absolute atomic E-state index is 12.2. The smallest absolute Gasteiger partial charge is 0.287 e. The van der Waals surface area contributed by atoms with Crippen molar-refractivity contribution >= 4 is 15.7 Å². The van der Waals surface area contributed by atoms with Gasteiger partial charge in [0.25, 0.3) is 5.91 Å². The van der Waals surface area contributed by atoms with Crippen molar-refractivity contribution in [3.63, 3.8) is 0 Å². The summed E-state index contributed by atoms with van der Waals surface area (Å²) in [6, 6.07) is 9.96. The van der Waals surface area contributed by atoms with E-state index in [0.29, 0.717) is 6.42 Å². The molecule has 6 nitrogen and oxygen atoms in total. The topological polar surface area (TPSA) is 96.6 Å². The van der Waals surface area contributed by atoms with Crippen molar-refractivity contribution < 1.29 is 22.7 Å². The number of fused-ring (bicyclic) bond motifs is 1. The fraction of sp³-hybridized carbons (Fsp3) is 0.312. The fourth-order valence-electron chi connectivity index (χ4n) is 2.78. The molecule has 7 heteroatoms. The van der Waals surface area contributed by atoms with Gasteiger partial charge in [0.1, 0.15) is 11.5 Å². The second-order valence-corrected chi connectivity index (χ2v) is 7.90. The van der Waals surface area contributed by atoms with Crippen molar-refractivity contribution in [3.8, 4) is 0 Å². The zero-order chi connectivity index (χ0) is 16.6. The Morgan fingerprint density at radius 3 is 2.74 bits per heavy atom. The van der Waals surface area contributed by atoms with E-state index in [-0.39, 0.29) is 17.3 Å². The standard InChI is InChI=1S/C16H17NO5S/c1-23(20,21)9-11-6-7-14(22-11)16(19)17-13-8-10-4-2-3-5-12(10)15(13)18/h2-7,13,15,18H,8-9H2,1H3,(H,17,19)/t13-,15-/m1/s1. The molecule has 0 radical (unpaired) electrons. The fourth-order valence-corrected chi connectivity index (χ4v) is 3.45. The van der Waals surface area contributed by atoms with E-state index in [1.165, 1.54) is 12.1 Å². The molecule has 122 valence electrons. The second kappa shape index (κ2) is 5.82. The van der Waals surface area contributed by atoms with E-state index in [1.54, 1.807) is 0 Å². The van der Waals surface area contributed by atoms with Gasteiger partial charge in [-0.3, -0.25) is 4.79 Å². The molecule has 1 heterocycles. The highest BCUT2D eigenvalue weighted by atomic mass is 32.2. The average molecular weight is 335 g/mol. The molecule has 0 fully saturated rings. The van der Waals surface area contributed by atoms with Crippen LogP contribution in [0.2, 0.25) is 0 Å². The molecule has 1 aliphatic rings. The Kier molecular flexibility index (Phi) is 3.99. The summed E-state index contributed by atoms with van der Waals surface area (Å²) in [4.78, 5) is 12.2. The van der Waals surface area contributed by atoms with Gasteiger partial charge in [0.05, 0.1) is 12.1 Å². The minimum absolute atomic E-state index is 0.0341. The number of carbonyl (C=O) groups excluding carboxylic acids is 1. The summed E-state index contributed by atoms with van der Waals surface area (Å²) in [5, 5.41) is 13.0. The van der Waals surface area contributed by atoms with Crippen molar-refractivity contribution in [2.75, 3.05) is 6.26 Å². The Hall–Kier alpha value is -2.12. The van der Waals surface area contributed by atoms with Gasteiger partial charge in [0.15, 0.2) is 15.6 Å². The Morgan fingerprint density at radius 2 is 2.04 bits per heavy atom. The SMILES string of the molecule is CS(=O)(=O)Cc1ccc(C(=O)N[C@@H]2Cc3ccccc3[C@H]2O)o1. The van der Waals surface area contributed by atoms with Gasteiger partial charge in [-0.05, 0) is 29.7 Å². The molecule has 1 aromatic heterocycles. The molecule has 0 bridgehead atoms. The first-order valence-corrected chi connectivity index (χ1v) is 9.23. The normalized spacial score (nSPS) is 20.3. The van der Waals surface area contributed by atoms with Crippen LogP contribution in [0.1, 0.15) is 33.5 Å². The minimum Gasteiger partial charge on any atom is -0.455 e. The highest BCUT2D eigenvalue weighted by molar-refractivity contribution is 7.89. The maximum Gasteiger partial charge on any atom is 0.287 e. The van der Waals surface area contributed by atoms with Gasteiger partial charge >= 0.3 is 0 Å². The third kappa shape index (κ3) is 3.46. The lowest BCUT2D eigenvalue weighted by atomic mass is 10.1. The first-order valence-electron chi connectivity index (χ1n) is 7.16. The third-order valence-electron chi connectivity index (χ3n) is 3.80. The van der Waals surface area contributed by atoms with Crippen LogP contribution >= 0.6 is 0 Å². The molecule has 0 spiro atoms. The molecular weight excluding hydrogens is 318 g/mol. The van der Waals surface area contributed by atoms with E-state index in [1.807, 2.05) is 24.3 Å². The van der Waals surface area contributed by atoms with Gasteiger partial charge in [-0.25, -0.2) is 8.42 Å². The molecule has 0 saturated heterocycles. The zero-order valence-corrected chi connectivity index (χ0v) is 13.3. The molecule has 2 atom stereocenters. The maximum atomic E-state index is 12.2. The summed E-state index contributed by atoms with van der Waals surface area (Å²) >= 11 is 0. The van der Waals surface area contributed by atoms with Crippen LogP contribution in [0, 0.1) is 0 Å². The van der Waals surface area contributed by atoms with Crippen molar-refractivity contribution in [1.29, 1.82) is 0 Å². The highest BCUT2D eigenvalue weighted by Gasteiger charge is 2.32. The molecule has 3 rings (SSSR count). The minimum atomic E-state index is -3.22. The van der Waals surface area contributed by atoms with Crippen LogP contribution in [-0.4, -0.2) is 31.7 Å². The lowest BCUT2D eigenvalue weighted by Crippen LogP contribution is -2.37. The van der Waals surface area contributed by atoms with E-state index < -0.39 is 27.9 Å². The molecule has 1 amide bonds. The van der Waals surface area contributed by atoms with Crippen LogP contribution < -0.4 is 5.32 Å². The number of hydrogen-bond acceptors (Lipinski definition) is 5. The second-order valence-electron chi connectivity index (χ2n) is 5.76. The number of carbonyl (C=O) groups is 1. The molecule has 0 saturated carbocycles. The Balaban J connectivity index is 1.69. The summed E-state index contributed by atoms with van der Waals surface area (Å²) < 4.78 is 27.7. The summed E-state index contributed by atoms with van der Waals surface area (Å²) in [6.45, 7) is 0. The highest BCUT2D eigenvalue weighted by Crippen LogP contribution is 2.31. The van der Waals surface area contributed by atoms with Gasteiger partial charge in [-0.1, -0.05) is 24.3 Å². The predicted octanol–water partition coefficient (Wildman–Crippen LogP) is 1.21. The lowest BCUT2D eigenvalue weighted by molar-refractivity contribution is 0.0831. The number of aliphatic hydroxyl groups is 1. The van der Waals surface area contributed by atoms with E-state index in [4.69, 9.17) is 4.42 Å². The van der Waals surface area contributed by atoms with Gasteiger partial charge in [0, 0.05) is 6.26 Å².